The molecule has 1 spiro atoms. The van der Waals surface area contributed by atoms with Crippen LogP contribution < -0.4 is 4.90 Å². The van der Waals surface area contributed by atoms with Crippen LogP contribution in [-0.4, -0.2) is 42.0 Å². The van der Waals surface area contributed by atoms with Gasteiger partial charge in [0.25, 0.3) is 0 Å². The predicted molar refractivity (Wildman–Crippen MR) is 75.1 cm³/mol. The van der Waals surface area contributed by atoms with Gasteiger partial charge in [-0.1, -0.05) is 0 Å². The lowest BCUT2D eigenvalue weighted by atomic mass is 9.72. The minimum Gasteiger partial charge on any atom is -0.355 e. The van der Waals surface area contributed by atoms with Crippen LogP contribution in [-0.2, 0) is 4.79 Å². The van der Waals surface area contributed by atoms with Crippen molar-refractivity contribution in [2.75, 3.05) is 31.1 Å². The predicted octanol–water partition coefficient (Wildman–Crippen LogP) is 1.40. The average molecular weight is 270 g/mol. The molecule has 0 aromatic carbocycles. The SMILES string of the molecule is CC(=O)N1CCC2(CC1)CN(c1ccc(C#N)cn1)C2. The summed E-state index contributed by atoms with van der Waals surface area (Å²) in [6.45, 7) is 5.43. The smallest absolute Gasteiger partial charge is 0.219 e. The van der Waals surface area contributed by atoms with E-state index in [0.717, 1.165) is 44.8 Å². The summed E-state index contributed by atoms with van der Waals surface area (Å²) < 4.78 is 0. The molecule has 1 aromatic heterocycles. The Hall–Kier alpha value is -2.09. The van der Waals surface area contributed by atoms with E-state index < -0.39 is 0 Å². The van der Waals surface area contributed by atoms with Crippen molar-refractivity contribution >= 4 is 11.7 Å². The van der Waals surface area contributed by atoms with Crippen LogP contribution in [0.2, 0.25) is 0 Å². The van der Waals surface area contributed by atoms with E-state index in [4.69, 9.17) is 5.26 Å². The fraction of sp³-hybridized carbons (Fsp3) is 0.533. The third kappa shape index (κ3) is 2.22. The molecule has 0 unspecified atom stereocenters. The molecule has 2 fully saturated rings. The number of carbonyl (C=O) groups excluding carboxylic acids is 1. The van der Waals surface area contributed by atoms with Crippen molar-refractivity contribution in [2.45, 2.75) is 19.8 Å². The lowest BCUT2D eigenvalue weighted by Gasteiger charge is -2.54. The molecule has 1 aromatic rings. The molecule has 0 N–H and O–H groups in total. The van der Waals surface area contributed by atoms with Crippen LogP contribution in [0, 0.1) is 16.7 Å². The minimum atomic E-state index is 0.185. The number of nitriles is 1. The first-order chi connectivity index (χ1) is 9.62. The quantitative estimate of drug-likeness (QED) is 0.774. The molecule has 0 saturated carbocycles. The number of piperidine rings is 1. The van der Waals surface area contributed by atoms with Crippen LogP contribution in [0.3, 0.4) is 0 Å². The number of amides is 1. The molecule has 5 heteroatoms. The van der Waals surface area contributed by atoms with Crippen LogP contribution in [0.1, 0.15) is 25.3 Å². The lowest BCUT2D eigenvalue weighted by Crippen LogP contribution is -2.61. The van der Waals surface area contributed by atoms with E-state index in [0.29, 0.717) is 11.0 Å². The maximum Gasteiger partial charge on any atom is 0.219 e. The molecule has 1 amide bonds. The number of carbonyl (C=O) groups is 1. The molecule has 3 heterocycles. The van der Waals surface area contributed by atoms with E-state index in [2.05, 4.69) is 16.0 Å². The molecule has 0 radical (unpaired) electrons. The van der Waals surface area contributed by atoms with Crippen molar-refractivity contribution in [3.63, 3.8) is 0 Å². The maximum atomic E-state index is 11.3. The van der Waals surface area contributed by atoms with Gasteiger partial charge in [-0.05, 0) is 25.0 Å². The molecule has 3 rings (SSSR count). The van der Waals surface area contributed by atoms with E-state index in [1.54, 1.807) is 13.1 Å². The van der Waals surface area contributed by atoms with Crippen molar-refractivity contribution in [1.29, 1.82) is 5.26 Å². The molecule has 0 bridgehead atoms. The highest BCUT2D eigenvalue weighted by atomic mass is 16.2. The fourth-order valence-corrected chi connectivity index (χ4v) is 3.18. The second-order valence-corrected chi connectivity index (χ2v) is 5.88. The van der Waals surface area contributed by atoms with Crippen molar-refractivity contribution in [3.05, 3.63) is 23.9 Å². The second kappa shape index (κ2) is 4.78. The zero-order valence-corrected chi connectivity index (χ0v) is 11.7. The largest absolute Gasteiger partial charge is 0.355 e. The monoisotopic (exact) mass is 270 g/mol. The van der Waals surface area contributed by atoms with Gasteiger partial charge in [0.2, 0.25) is 5.91 Å². The molecule has 104 valence electrons. The van der Waals surface area contributed by atoms with Crippen molar-refractivity contribution in [1.82, 2.24) is 9.88 Å². The van der Waals surface area contributed by atoms with Gasteiger partial charge in [0, 0.05) is 44.7 Å². The zero-order chi connectivity index (χ0) is 14.2. The summed E-state index contributed by atoms with van der Waals surface area (Å²) in [7, 11) is 0. The number of hydrogen-bond acceptors (Lipinski definition) is 4. The number of anilines is 1. The van der Waals surface area contributed by atoms with Gasteiger partial charge in [-0.15, -0.1) is 0 Å². The van der Waals surface area contributed by atoms with E-state index >= 15 is 0 Å². The first-order valence-corrected chi connectivity index (χ1v) is 6.99. The van der Waals surface area contributed by atoms with Crippen LogP contribution in [0.4, 0.5) is 5.82 Å². The number of rotatable bonds is 1. The maximum absolute atomic E-state index is 11.3. The number of pyridine rings is 1. The van der Waals surface area contributed by atoms with Crippen LogP contribution in [0.15, 0.2) is 18.3 Å². The number of likely N-dealkylation sites (tertiary alicyclic amines) is 1. The van der Waals surface area contributed by atoms with Gasteiger partial charge in [-0.3, -0.25) is 4.79 Å². The number of aromatic nitrogens is 1. The molecular formula is C15H18N4O. The Morgan fingerprint density at radius 1 is 1.35 bits per heavy atom. The van der Waals surface area contributed by atoms with E-state index in [-0.39, 0.29) is 5.91 Å². The number of hydrogen-bond donors (Lipinski definition) is 0. The molecule has 20 heavy (non-hydrogen) atoms. The van der Waals surface area contributed by atoms with Crippen LogP contribution >= 0.6 is 0 Å². The Labute approximate surface area is 118 Å². The van der Waals surface area contributed by atoms with Gasteiger partial charge in [-0.2, -0.15) is 5.26 Å². The molecule has 5 nitrogen and oxygen atoms in total. The second-order valence-electron chi connectivity index (χ2n) is 5.88. The highest BCUT2D eigenvalue weighted by Gasteiger charge is 2.45. The third-order valence-electron chi connectivity index (χ3n) is 4.52. The minimum absolute atomic E-state index is 0.185. The summed E-state index contributed by atoms with van der Waals surface area (Å²) in [5.74, 6) is 1.13. The van der Waals surface area contributed by atoms with Crippen molar-refractivity contribution in [3.8, 4) is 6.07 Å². The lowest BCUT2D eigenvalue weighted by molar-refractivity contribution is -0.131. The van der Waals surface area contributed by atoms with Gasteiger partial charge in [0.1, 0.15) is 11.9 Å². The summed E-state index contributed by atoms with van der Waals surface area (Å²) in [6.07, 6.45) is 3.79. The Bertz CT molecular complexity index is 544. The van der Waals surface area contributed by atoms with Gasteiger partial charge < -0.3 is 9.80 Å². The summed E-state index contributed by atoms with van der Waals surface area (Å²) >= 11 is 0. The molecule has 2 saturated heterocycles. The first kappa shape index (κ1) is 12.9. The van der Waals surface area contributed by atoms with E-state index in [9.17, 15) is 4.79 Å². The Morgan fingerprint density at radius 2 is 2.05 bits per heavy atom. The van der Waals surface area contributed by atoms with Crippen molar-refractivity contribution < 1.29 is 4.79 Å². The van der Waals surface area contributed by atoms with E-state index in [1.807, 2.05) is 17.0 Å². The Balaban J connectivity index is 1.58. The normalized spacial score (nSPS) is 20.4. The standard InChI is InChI=1S/C15H18N4O/c1-12(20)18-6-4-15(5-7-18)10-19(11-15)14-3-2-13(8-16)9-17-14/h2-3,9H,4-7,10-11H2,1H3. The van der Waals surface area contributed by atoms with Crippen LogP contribution in [0.5, 0.6) is 0 Å². The van der Waals surface area contributed by atoms with E-state index in [1.165, 1.54) is 0 Å². The first-order valence-electron chi connectivity index (χ1n) is 6.99. The molecule has 0 atom stereocenters. The Kier molecular flexibility index (Phi) is 3.09. The summed E-state index contributed by atoms with van der Waals surface area (Å²) in [6, 6.07) is 5.81. The average Bonchev–Trinajstić information content (AvgIpc) is 2.45. The summed E-state index contributed by atoms with van der Waals surface area (Å²) in [5.41, 5.74) is 0.959. The van der Waals surface area contributed by atoms with Gasteiger partial charge in [0.15, 0.2) is 0 Å². The number of nitrogens with zero attached hydrogens (tertiary/aromatic N) is 4. The third-order valence-corrected chi connectivity index (χ3v) is 4.52. The Morgan fingerprint density at radius 3 is 2.55 bits per heavy atom. The topological polar surface area (TPSA) is 60.2 Å². The highest BCUT2D eigenvalue weighted by Crippen LogP contribution is 2.41. The highest BCUT2D eigenvalue weighted by molar-refractivity contribution is 5.73. The molecule has 0 aliphatic carbocycles. The molecule has 2 aliphatic heterocycles. The van der Waals surface area contributed by atoms with Crippen LogP contribution in [0.25, 0.3) is 0 Å². The summed E-state index contributed by atoms with van der Waals surface area (Å²) in [4.78, 5) is 19.9. The van der Waals surface area contributed by atoms with Gasteiger partial charge in [0.05, 0.1) is 5.56 Å². The van der Waals surface area contributed by atoms with Gasteiger partial charge in [-0.25, -0.2) is 4.98 Å². The molecule has 2 aliphatic rings. The fourth-order valence-electron chi connectivity index (χ4n) is 3.18. The van der Waals surface area contributed by atoms with Gasteiger partial charge >= 0.3 is 0 Å². The zero-order valence-electron chi connectivity index (χ0n) is 11.7. The molecular weight excluding hydrogens is 252 g/mol. The summed E-state index contributed by atoms with van der Waals surface area (Å²) in [5, 5.41) is 8.77. The van der Waals surface area contributed by atoms with Crippen molar-refractivity contribution in [2.24, 2.45) is 5.41 Å².